The molecule has 1 aliphatic heterocycles. The average Bonchev–Trinajstić information content (AvgIpc) is 2.63. The molecule has 0 spiro atoms. The number of nitrogens with one attached hydrogen (secondary N) is 2. The molecule has 5 heteroatoms. The molecule has 24 heavy (non-hydrogen) atoms. The summed E-state index contributed by atoms with van der Waals surface area (Å²) in [5.41, 5.74) is 2.87. The van der Waals surface area contributed by atoms with Crippen molar-refractivity contribution in [2.24, 2.45) is 0 Å². The van der Waals surface area contributed by atoms with E-state index < -0.39 is 0 Å². The van der Waals surface area contributed by atoms with Gasteiger partial charge in [0.15, 0.2) is 0 Å². The maximum atomic E-state index is 13.1. The molecule has 1 saturated heterocycles. The highest BCUT2D eigenvalue weighted by atomic mass is 19.1. The molecule has 126 valence electrons. The molecule has 0 aliphatic carbocycles. The lowest BCUT2D eigenvalue weighted by molar-refractivity contribution is 0.0962. The minimum Gasteiger partial charge on any atom is -0.355 e. The normalized spacial score (nSPS) is 18.3. The highest BCUT2D eigenvalue weighted by molar-refractivity contribution is 5.94. The summed E-state index contributed by atoms with van der Waals surface area (Å²) in [6.45, 7) is 3.42. The van der Waals surface area contributed by atoms with Gasteiger partial charge in [-0.2, -0.15) is 0 Å². The Kier molecular flexibility index (Phi) is 5.23. The number of carbonyl (C=O) groups is 1. The Balaban J connectivity index is 1.81. The topological polar surface area (TPSA) is 44.4 Å². The second kappa shape index (κ2) is 7.55. The standard InChI is InChI=1S/C19H22FN3O/c1-21-19(24)16-4-2-3-15(11-16)18-12-22-9-10-23(18)13-14-5-7-17(20)8-6-14/h2-8,11,18,22H,9-10,12-13H2,1H3,(H,21,24)/t18-/m1/s1. The van der Waals surface area contributed by atoms with Gasteiger partial charge in [0.25, 0.3) is 5.91 Å². The van der Waals surface area contributed by atoms with Gasteiger partial charge < -0.3 is 10.6 Å². The summed E-state index contributed by atoms with van der Waals surface area (Å²) >= 11 is 0. The first kappa shape index (κ1) is 16.6. The van der Waals surface area contributed by atoms with Crippen molar-refractivity contribution in [3.8, 4) is 0 Å². The SMILES string of the molecule is CNC(=O)c1cccc([C@H]2CNCCN2Cc2ccc(F)cc2)c1. The monoisotopic (exact) mass is 327 g/mol. The second-order valence-corrected chi connectivity index (χ2v) is 6.02. The summed E-state index contributed by atoms with van der Waals surface area (Å²) in [7, 11) is 1.64. The van der Waals surface area contributed by atoms with Gasteiger partial charge in [-0.15, -0.1) is 0 Å². The van der Waals surface area contributed by atoms with Crippen LogP contribution in [0.1, 0.15) is 27.5 Å². The van der Waals surface area contributed by atoms with Crippen LogP contribution in [-0.2, 0) is 6.54 Å². The fourth-order valence-electron chi connectivity index (χ4n) is 3.12. The number of hydrogen-bond acceptors (Lipinski definition) is 3. The molecule has 0 bridgehead atoms. The van der Waals surface area contributed by atoms with Crippen LogP contribution in [0.25, 0.3) is 0 Å². The molecule has 1 aliphatic rings. The molecule has 2 N–H and O–H groups in total. The number of rotatable bonds is 4. The third-order valence-corrected chi connectivity index (χ3v) is 4.41. The number of amides is 1. The zero-order valence-corrected chi connectivity index (χ0v) is 13.8. The lowest BCUT2D eigenvalue weighted by Gasteiger charge is -2.36. The van der Waals surface area contributed by atoms with Crippen LogP contribution in [0.3, 0.4) is 0 Å². The van der Waals surface area contributed by atoms with Crippen molar-refractivity contribution in [2.75, 3.05) is 26.7 Å². The second-order valence-electron chi connectivity index (χ2n) is 6.02. The molecule has 4 nitrogen and oxygen atoms in total. The first-order valence-corrected chi connectivity index (χ1v) is 8.18. The summed E-state index contributed by atoms with van der Waals surface area (Å²) in [4.78, 5) is 14.2. The van der Waals surface area contributed by atoms with E-state index in [2.05, 4.69) is 21.6 Å². The van der Waals surface area contributed by atoms with Crippen LogP contribution >= 0.6 is 0 Å². The molecule has 1 atom stereocenters. The van der Waals surface area contributed by atoms with E-state index in [1.807, 2.05) is 30.3 Å². The van der Waals surface area contributed by atoms with Gasteiger partial charge in [-0.25, -0.2) is 4.39 Å². The Morgan fingerprint density at radius 1 is 1.29 bits per heavy atom. The van der Waals surface area contributed by atoms with E-state index >= 15 is 0 Å². The molecule has 1 heterocycles. The van der Waals surface area contributed by atoms with E-state index in [9.17, 15) is 9.18 Å². The largest absolute Gasteiger partial charge is 0.355 e. The van der Waals surface area contributed by atoms with Gasteiger partial charge in [0.05, 0.1) is 0 Å². The van der Waals surface area contributed by atoms with Crippen LogP contribution in [0.2, 0.25) is 0 Å². The first-order valence-electron chi connectivity index (χ1n) is 8.18. The number of hydrogen-bond donors (Lipinski definition) is 2. The lowest BCUT2D eigenvalue weighted by Crippen LogP contribution is -2.45. The predicted molar refractivity (Wildman–Crippen MR) is 92.3 cm³/mol. The van der Waals surface area contributed by atoms with Gasteiger partial charge in [-0.3, -0.25) is 9.69 Å². The Labute approximate surface area is 141 Å². The molecular weight excluding hydrogens is 305 g/mol. The molecule has 1 fully saturated rings. The van der Waals surface area contributed by atoms with Crippen LogP contribution in [0.15, 0.2) is 48.5 Å². The Hall–Kier alpha value is -2.24. The van der Waals surface area contributed by atoms with Gasteiger partial charge in [0.2, 0.25) is 0 Å². The van der Waals surface area contributed by atoms with Crippen molar-refractivity contribution in [1.82, 2.24) is 15.5 Å². The molecule has 0 aromatic heterocycles. The Bertz CT molecular complexity index is 702. The van der Waals surface area contributed by atoms with Crippen LogP contribution in [0, 0.1) is 5.82 Å². The molecule has 0 radical (unpaired) electrons. The highest BCUT2D eigenvalue weighted by Crippen LogP contribution is 2.25. The molecule has 3 rings (SSSR count). The van der Waals surface area contributed by atoms with Crippen molar-refractivity contribution in [2.45, 2.75) is 12.6 Å². The summed E-state index contributed by atoms with van der Waals surface area (Å²) in [6.07, 6.45) is 0. The number of halogens is 1. The molecule has 2 aromatic rings. The van der Waals surface area contributed by atoms with E-state index in [4.69, 9.17) is 0 Å². The summed E-state index contributed by atoms with van der Waals surface area (Å²) < 4.78 is 13.1. The minimum absolute atomic E-state index is 0.0781. The Morgan fingerprint density at radius 3 is 2.83 bits per heavy atom. The van der Waals surface area contributed by atoms with Crippen molar-refractivity contribution in [1.29, 1.82) is 0 Å². The summed E-state index contributed by atoms with van der Waals surface area (Å²) in [5, 5.41) is 6.08. The third-order valence-electron chi connectivity index (χ3n) is 4.41. The van der Waals surface area contributed by atoms with Crippen LogP contribution < -0.4 is 10.6 Å². The van der Waals surface area contributed by atoms with Crippen molar-refractivity contribution in [3.63, 3.8) is 0 Å². The lowest BCUT2D eigenvalue weighted by atomic mass is 10.00. The maximum Gasteiger partial charge on any atom is 0.251 e. The smallest absolute Gasteiger partial charge is 0.251 e. The molecule has 0 unspecified atom stereocenters. The van der Waals surface area contributed by atoms with E-state index in [1.165, 1.54) is 12.1 Å². The average molecular weight is 327 g/mol. The quantitative estimate of drug-likeness (QED) is 0.906. The summed E-state index contributed by atoms with van der Waals surface area (Å²) in [6, 6.07) is 14.6. The number of benzene rings is 2. The number of carbonyl (C=O) groups excluding carboxylic acids is 1. The highest BCUT2D eigenvalue weighted by Gasteiger charge is 2.24. The van der Waals surface area contributed by atoms with Gasteiger partial charge in [0, 0.05) is 44.8 Å². The predicted octanol–water partition coefficient (Wildman–Crippen LogP) is 2.33. The first-order chi connectivity index (χ1) is 11.7. The minimum atomic E-state index is -0.214. The van der Waals surface area contributed by atoms with E-state index in [1.54, 1.807) is 7.05 Å². The Morgan fingerprint density at radius 2 is 2.08 bits per heavy atom. The van der Waals surface area contributed by atoms with Crippen molar-refractivity contribution < 1.29 is 9.18 Å². The molecule has 2 aromatic carbocycles. The molecule has 0 saturated carbocycles. The molecular formula is C19H22FN3O. The van der Waals surface area contributed by atoms with Gasteiger partial charge in [-0.1, -0.05) is 24.3 Å². The van der Waals surface area contributed by atoms with Gasteiger partial charge in [0.1, 0.15) is 5.82 Å². The van der Waals surface area contributed by atoms with E-state index in [0.717, 1.165) is 37.3 Å². The molecule has 1 amide bonds. The fourth-order valence-corrected chi connectivity index (χ4v) is 3.12. The third kappa shape index (κ3) is 3.80. The van der Waals surface area contributed by atoms with Crippen molar-refractivity contribution >= 4 is 5.91 Å². The fraction of sp³-hybridized carbons (Fsp3) is 0.316. The zero-order chi connectivity index (χ0) is 16.9. The number of nitrogens with zero attached hydrogens (tertiary/aromatic N) is 1. The maximum absolute atomic E-state index is 13.1. The zero-order valence-electron chi connectivity index (χ0n) is 13.8. The van der Waals surface area contributed by atoms with E-state index in [0.29, 0.717) is 5.56 Å². The van der Waals surface area contributed by atoms with Crippen LogP contribution in [-0.4, -0.2) is 37.5 Å². The summed E-state index contributed by atoms with van der Waals surface area (Å²) in [5.74, 6) is -0.292. The van der Waals surface area contributed by atoms with E-state index in [-0.39, 0.29) is 17.8 Å². The van der Waals surface area contributed by atoms with Gasteiger partial charge >= 0.3 is 0 Å². The van der Waals surface area contributed by atoms with Crippen LogP contribution in [0.4, 0.5) is 4.39 Å². The number of piperazine rings is 1. The van der Waals surface area contributed by atoms with Crippen LogP contribution in [0.5, 0.6) is 0 Å². The van der Waals surface area contributed by atoms with Crippen molar-refractivity contribution in [3.05, 3.63) is 71.0 Å². The van der Waals surface area contributed by atoms with Gasteiger partial charge in [-0.05, 0) is 35.4 Å².